The van der Waals surface area contributed by atoms with Crippen LogP contribution in [-0.2, 0) is 11.8 Å². The summed E-state index contributed by atoms with van der Waals surface area (Å²) in [6.45, 7) is 1.77. The number of halogens is 1. The molecular formula is C8H10ClN3O. The molecule has 1 rings (SSSR count). The minimum atomic E-state index is -0.211. The van der Waals surface area contributed by atoms with E-state index in [0.29, 0.717) is 10.8 Å². The average molecular weight is 200 g/mol. The summed E-state index contributed by atoms with van der Waals surface area (Å²) in [5.41, 5.74) is 0.521. The number of hydrogen-bond acceptors (Lipinski definition) is 2. The fraction of sp³-hybridized carbons (Fsp3) is 0.250. The number of anilines is 1. The Bertz CT molecular complexity index is 343. The van der Waals surface area contributed by atoms with Crippen molar-refractivity contribution in [2.24, 2.45) is 7.05 Å². The van der Waals surface area contributed by atoms with Gasteiger partial charge in [0.1, 0.15) is 5.15 Å². The first kappa shape index (κ1) is 9.80. The van der Waals surface area contributed by atoms with Crippen molar-refractivity contribution in [2.45, 2.75) is 6.92 Å². The van der Waals surface area contributed by atoms with Gasteiger partial charge in [0.2, 0.25) is 5.91 Å². The summed E-state index contributed by atoms with van der Waals surface area (Å²) in [6, 6.07) is 0. The highest BCUT2D eigenvalue weighted by Crippen LogP contribution is 2.19. The SMILES string of the molecule is C/C=C/C(=O)Nc1cnn(C)c1Cl. The molecule has 1 aromatic rings. The topological polar surface area (TPSA) is 46.9 Å². The van der Waals surface area contributed by atoms with Crippen molar-refractivity contribution in [1.82, 2.24) is 9.78 Å². The summed E-state index contributed by atoms with van der Waals surface area (Å²) < 4.78 is 1.48. The van der Waals surface area contributed by atoms with Crippen LogP contribution in [0.3, 0.4) is 0 Å². The van der Waals surface area contributed by atoms with Crippen LogP contribution in [0.1, 0.15) is 6.92 Å². The molecule has 1 N–H and O–H groups in total. The molecule has 0 bridgehead atoms. The number of carbonyl (C=O) groups is 1. The summed E-state index contributed by atoms with van der Waals surface area (Å²) in [6.07, 6.45) is 4.58. The highest BCUT2D eigenvalue weighted by Gasteiger charge is 2.06. The normalized spacial score (nSPS) is 10.7. The molecule has 1 amide bonds. The van der Waals surface area contributed by atoms with Crippen molar-refractivity contribution in [3.63, 3.8) is 0 Å². The Morgan fingerprint density at radius 3 is 2.92 bits per heavy atom. The van der Waals surface area contributed by atoms with Crippen LogP contribution in [0.15, 0.2) is 18.3 Å². The van der Waals surface area contributed by atoms with Crippen LogP contribution >= 0.6 is 11.6 Å². The predicted molar refractivity (Wildman–Crippen MR) is 51.7 cm³/mol. The number of rotatable bonds is 2. The lowest BCUT2D eigenvalue weighted by Crippen LogP contribution is -2.07. The number of amides is 1. The van der Waals surface area contributed by atoms with E-state index >= 15 is 0 Å². The van der Waals surface area contributed by atoms with Crippen molar-refractivity contribution < 1.29 is 4.79 Å². The average Bonchev–Trinajstić information content (AvgIpc) is 2.37. The molecule has 4 nitrogen and oxygen atoms in total. The lowest BCUT2D eigenvalue weighted by Gasteiger charge is -1.98. The second-order valence-corrected chi connectivity index (χ2v) is 2.82. The Morgan fingerprint density at radius 1 is 1.77 bits per heavy atom. The van der Waals surface area contributed by atoms with E-state index < -0.39 is 0 Å². The molecule has 0 aromatic carbocycles. The molecule has 0 aliphatic rings. The van der Waals surface area contributed by atoms with Crippen molar-refractivity contribution in [3.05, 3.63) is 23.5 Å². The van der Waals surface area contributed by atoms with E-state index in [0.717, 1.165) is 0 Å². The quantitative estimate of drug-likeness (QED) is 0.736. The molecule has 0 aliphatic heterocycles. The second kappa shape index (κ2) is 4.09. The summed E-state index contributed by atoms with van der Waals surface area (Å²) in [4.78, 5) is 11.1. The van der Waals surface area contributed by atoms with Gasteiger partial charge >= 0.3 is 0 Å². The fourth-order valence-electron chi connectivity index (χ4n) is 0.832. The predicted octanol–water partition coefficient (Wildman–Crippen LogP) is 1.59. The van der Waals surface area contributed by atoms with Gasteiger partial charge in [0.25, 0.3) is 0 Å². The fourth-order valence-corrected chi connectivity index (χ4v) is 0.972. The molecule has 1 aromatic heterocycles. The second-order valence-electron chi connectivity index (χ2n) is 2.46. The van der Waals surface area contributed by atoms with Gasteiger partial charge in [-0.2, -0.15) is 5.10 Å². The first-order valence-corrected chi connectivity index (χ1v) is 4.14. The Morgan fingerprint density at radius 2 is 2.46 bits per heavy atom. The van der Waals surface area contributed by atoms with Gasteiger partial charge in [-0.3, -0.25) is 9.48 Å². The van der Waals surface area contributed by atoms with Gasteiger partial charge in [-0.05, 0) is 13.0 Å². The van der Waals surface area contributed by atoms with Crippen LogP contribution in [0.25, 0.3) is 0 Å². The van der Waals surface area contributed by atoms with E-state index in [4.69, 9.17) is 11.6 Å². The van der Waals surface area contributed by atoms with Crippen LogP contribution < -0.4 is 5.32 Å². The molecule has 0 spiro atoms. The molecule has 0 saturated carbocycles. The maximum absolute atomic E-state index is 11.1. The summed E-state index contributed by atoms with van der Waals surface area (Å²) >= 11 is 5.81. The van der Waals surface area contributed by atoms with Gasteiger partial charge in [0.15, 0.2) is 0 Å². The number of aromatic nitrogens is 2. The standard InChI is InChI=1S/C8H10ClN3O/c1-3-4-7(13)11-6-5-10-12(2)8(6)9/h3-5H,1-2H3,(H,11,13)/b4-3+. The number of hydrogen-bond donors (Lipinski definition) is 1. The largest absolute Gasteiger partial charge is 0.319 e. The molecule has 0 fully saturated rings. The summed E-state index contributed by atoms with van der Waals surface area (Å²) in [5.74, 6) is -0.211. The highest BCUT2D eigenvalue weighted by molar-refractivity contribution is 6.32. The van der Waals surface area contributed by atoms with Crippen LogP contribution in [0, 0.1) is 0 Å². The Labute approximate surface area is 81.2 Å². The molecule has 0 atom stereocenters. The zero-order valence-electron chi connectivity index (χ0n) is 7.41. The summed E-state index contributed by atoms with van der Waals surface area (Å²) in [7, 11) is 1.70. The minimum absolute atomic E-state index is 0.211. The molecule has 0 aliphatic carbocycles. The first-order valence-electron chi connectivity index (χ1n) is 3.76. The van der Waals surface area contributed by atoms with E-state index in [1.165, 1.54) is 17.0 Å². The summed E-state index contributed by atoms with van der Waals surface area (Å²) in [5, 5.41) is 6.88. The first-order chi connectivity index (χ1) is 6.15. The van der Waals surface area contributed by atoms with E-state index in [1.807, 2.05) is 0 Å². The minimum Gasteiger partial charge on any atom is -0.319 e. The van der Waals surface area contributed by atoms with Gasteiger partial charge in [0.05, 0.1) is 11.9 Å². The number of nitrogens with one attached hydrogen (secondary N) is 1. The molecule has 5 heteroatoms. The lowest BCUT2D eigenvalue weighted by molar-refractivity contribution is -0.111. The number of carbonyl (C=O) groups excluding carboxylic acids is 1. The van der Waals surface area contributed by atoms with Gasteiger partial charge in [0, 0.05) is 7.05 Å². The molecule has 70 valence electrons. The number of allylic oxidation sites excluding steroid dienone is 1. The van der Waals surface area contributed by atoms with Crippen molar-refractivity contribution in [3.8, 4) is 0 Å². The monoisotopic (exact) mass is 199 g/mol. The Kier molecular flexibility index (Phi) is 3.08. The highest BCUT2D eigenvalue weighted by atomic mass is 35.5. The molecule has 13 heavy (non-hydrogen) atoms. The van der Waals surface area contributed by atoms with Gasteiger partial charge in [-0.1, -0.05) is 17.7 Å². The third-order valence-corrected chi connectivity index (χ3v) is 1.89. The van der Waals surface area contributed by atoms with Crippen molar-refractivity contribution in [1.29, 1.82) is 0 Å². The molecule has 1 heterocycles. The Balaban J connectivity index is 2.75. The number of nitrogens with zero attached hydrogens (tertiary/aromatic N) is 2. The molecule has 0 radical (unpaired) electrons. The Hall–Kier alpha value is -1.29. The maximum Gasteiger partial charge on any atom is 0.248 e. The third kappa shape index (κ3) is 2.32. The van der Waals surface area contributed by atoms with Crippen LogP contribution in [-0.4, -0.2) is 15.7 Å². The molecule has 0 unspecified atom stereocenters. The van der Waals surface area contributed by atoms with E-state index in [9.17, 15) is 4.79 Å². The van der Waals surface area contributed by atoms with Crippen molar-refractivity contribution in [2.75, 3.05) is 5.32 Å². The van der Waals surface area contributed by atoms with E-state index in [2.05, 4.69) is 10.4 Å². The molecule has 0 saturated heterocycles. The smallest absolute Gasteiger partial charge is 0.248 e. The number of aryl methyl sites for hydroxylation is 1. The van der Waals surface area contributed by atoms with Gasteiger partial charge in [-0.25, -0.2) is 0 Å². The van der Waals surface area contributed by atoms with Gasteiger partial charge < -0.3 is 5.32 Å². The van der Waals surface area contributed by atoms with E-state index in [1.54, 1.807) is 20.0 Å². The zero-order chi connectivity index (χ0) is 9.84. The lowest BCUT2D eigenvalue weighted by atomic mass is 10.4. The van der Waals surface area contributed by atoms with Crippen LogP contribution in [0.5, 0.6) is 0 Å². The third-order valence-electron chi connectivity index (χ3n) is 1.44. The van der Waals surface area contributed by atoms with Crippen molar-refractivity contribution >= 4 is 23.2 Å². The molecular weight excluding hydrogens is 190 g/mol. The zero-order valence-corrected chi connectivity index (χ0v) is 8.17. The van der Waals surface area contributed by atoms with Gasteiger partial charge in [-0.15, -0.1) is 0 Å². The van der Waals surface area contributed by atoms with Crippen LogP contribution in [0.4, 0.5) is 5.69 Å². The van der Waals surface area contributed by atoms with E-state index in [-0.39, 0.29) is 5.91 Å². The maximum atomic E-state index is 11.1. The van der Waals surface area contributed by atoms with Crippen LogP contribution in [0.2, 0.25) is 5.15 Å².